The molecule has 1 saturated heterocycles. The van der Waals surface area contributed by atoms with Crippen molar-refractivity contribution >= 4 is 34.5 Å². The van der Waals surface area contributed by atoms with E-state index in [2.05, 4.69) is 5.32 Å². The normalized spacial score (nSPS) is 20.9. The SMILES string of the molecule is CCOC(=O)C1=C(c2ccccc2)N=C2SC=C(CC(=O)NC[C@@H]3CCCO3)N2[C@H]1c1ccc(C)cc1. The summed E-state index contributed by atoms with van der Waals surface area (Å²) in [6, 6.07) is 17.4. The molecule has 1 amide bonds. The highest BCUT2D eigenvalue weighted by Gasteiger charge is 2.42. The molecular weight excluding hydrogens is 486 g/mol. The van der Waals surface area contributed by atoms with Crippen LogP contribution in [0.2, 0.25) is 0 Å². The Hall–Kier alpha value is -3.36. The Morgan fingerprint density at radius 1 is 1.16 bits per heavy atom. The van der Waals surface area contributed by atoms with Crippen LogP contribution in [0, 0.1) is 6.92 Å². The first-order valence-corrected chi connectivity index (χ1v) is 13.6. The number of nitrogens with one attached hydrogen (secondary N) is 1. The van der Waals surface area contributed by atoms with Crippen LogP contribution < -0.4 is 5.32 Å². The van der Waals surface area contributed by atoms with E-state index in [1.54, 1.807) is 6.92 Å². The summed E-state index contributed by atoms with van der Waals surface area (Å²) in [7, 11) is 0. The topological polar surface area (TPSA) is 80.2 Å². The number of hydrogen-bond donors (Lipinski definition) is 1. The van der Waals surface area contributed by atoms with Crippen LogP contribution in [0.3, 0.4) is 0 Å². The van der Waals surface area contributed by atoms with Gasteiger partial charge in [-0.15, -0.1) is 0 Å². The molecule has 3 heterocycles. The number of benzene rings is 2. The second kappa shape index (κ2) is 11.4. The van der Waals surface area contributed by atoms with Gasteiger partial charge in [-0.1, -0.05) is 71.9 Å². The number of aryl methyl sites for hydroxylation is 1. The Morgan fingerprint density at radius 2 is 1.95 bits per heavy atom. The highest BCUT2D eigenvalue weighted by Crippen LogP contribution is 2.47. The summed E-state index contributed by atoms with van der Waals surface area (Å²) in [4.78, 5) is 33.4. The number of amides is 1. The van der Waals surface area contributed by atoms with E-state index < -0.39 is 12.0 Å². The van der Waals surface area contributed by atoms with E-state index in [1.165, 1.54) is 11.8 Å². The molecule has 0 spiro atoms. The number of aliphatic imine (C=N–C) groups is 1. The molecule has 0 aromatic heterocycles. The number of fused-ring (bicyclic) bond motifs is 1. The lowest BCUT2D eigenvalue weighted by atomic mass is 9.91. The standard InChI is InChI=1S/C29H31N3O4S/c1-3-35-28(34)25-26(20-8-5-4-6-9-20)31-29-32(27(25)21-13-11-19(2)12-14-21)22(18-37-29)16-24(33)30-17-23-10-7-15-36-23/h4-6,8-9,11-14,18,23,27H,3,7,10,15-17H2,1-2H3,(H,30,33)/t23-,27-/m0/s1. The summed E-state index contributed by atoms with van der Waals surface area (Å²) in [5.74, 6) is -0.490. The van der Waals surface area contributed by atoms with Gasteiger partial charge < -0.3 is 19.7 Å². The van der Waals surface area contributed by atoms with E-state index in [0.717, 1.165) is 47.0 Å². The number of amidine groups is 1. The van der Waals surface area contributed by atoms with Crippen LogP contribution in [-0.2, 0) is 19.1 Å². The van der Waals surface area contributed by atoms with Crippen molar-refractivity contribution in [2.75, 3.05) is 19.8 Å². The summed E-state index contributed by atoms with van der Waals surface area (Å²) in [6.07, 6.45) is 2.25. The van der Waals surface area contributed by atoms with Gasteiger partial charge in [-0.05, 0) is 37.7 Å². The van der Waals surface area contributed by atoms with Crippen molar-refractivity contribution in [2.45, 2.75) is 45.3 Å². The molecule has 0 unspecified atom stereocenters. The Bertz CT molecular complexity index is 1250. The van der Waals surface area contributed by atoms with Crippen molar-refractivity contribution in [3.8, 4) is 0 Å². The van der Waals surface area contributed by atoms with Crippen LogP contribution in [0.5, 0.6) is 0 Å². The molecule has 192 valence electrons. The number of carbonyl (C=O) groups is 2. The Morgan fingerprint density at radius 3 is 2.65 bits per heavy atom. The van der Waals surface area contributed by atoms with Gasteiger partial charge in [0.1, 0.15) is 0 Å². The Balaban J connectivity index is 1.52. The maximum Gasteiger partial charge on any atom is 0.338 e. The molecule has 0 aliphatic carbocycles. The zero-order valence-corrected chi connectivity index (χ0v) is 21.9. The number of rotatable bonds is 8. The van der Waals surface area contributed by atoms with Gasteiger partial charge in [0.15, 0.2) is 5.17 Å². The Labute approximate surface area is 221 Å². The number of carbonyl (C=O) groups excluding carboxylic acids is 2. The summed E-state index contributed by atoms with van der Waals surface area (Å²) in [6.45, 7) is 5.35. The van der Waals surface area contributed by atoms with Crippen molar-refractivity contribution in [1.29, 1.82) is 0 Å². The molecule has 1 N–H and O–H groups in total. The second-order valence-corrected chi connectivity index (χ2v) is 10.1. The van der Waals surface area contributed by atoms with Gasteiger partial charge in [-0.25, -0.2) is 9.79 Å². The van der Waals surface area contributed by atoms with Crippen molar-refractivity contribution in [2.24, 2.45) is 4.99 Å². The maximum absolute atomic E-state index is 13.5. The summed E-state index contributed by atoms with van der Waals surface area (Å²) < 4.78 is 11.2. The van der Waals surface area contributed by atoms with Crippen molar-refractivity contribution in [1.82, 2.24) is 10.2 Å². The smallest absolute Gasteiger partial charge is 0.338 e. The van der Waals surface area contributed by atoms with E-state index in [1.807, 2.05) is 71.8 Å². The Kier molecular flexibility index (Phi) is 7.76. The predicted molar refractivity (Wildman–Crippen MR) is 145 cm³/mol. The first-order valence-electron chi connectivity index (χ1n) is 12.7. The second-order valence-electron chi connectivity index (χ2n) is 9.27. The van der Waals surface area contributed by atoms with Gasteiger partial charge in [0.05, 0.1) is 36.4 Å². The summed E-state index contributed by atoms with van der Waals surface area (Å²) >= 11 is 1.47. The van der Waals surface area contributed by atoms with E-state index in [9.17, 15) is 9.59 Å². The first kappa shape index (κ1) is 25.3. The molecule has 7 nitrogen and oxygen atoms in total. The molecule has 0 radical (unpaired) electrons. The molecule has 2 aromatic carbocycles. The van der Waals surface area contributed by atoms with Crippen molar-refractivity contribution in [3.63, 3.8) is 0 Å². The third-order valence-electron chi connectivity index (χ3n) is 6.64. The molecule has 3 aliphatic heterocycles. The van der Waals surface area contributed by atoms with E-state index in [4.69, 9.17) is 14.5 Å². The predicted octanol–water partition coefficient (Wildman–Crippen LogP) is 4.96. The lowest BCUT2D eigenvalue weighted by molar-refractivity contribution is -0.139. The quantitative estimate of drug-likeness (QED) is 0.499. The molecule has 0 saturated carbocycles. The number of thioether (sulfide) groups is 1. The van der Waals surface area contributed by atoms with E-state index >= 15 is 0 Å². The largest absolute Gasteiger partial charge is 0.463 e. The van der Waals surface area contributed by atoms with Gasteiger partial charge in [-0.2, -0.15) is 0 Å². The van der Waals surface area contributed by atoms with Crippen molar-refractivity contribution < 1.29 is 19.1 Å². The average Bonchev–Trinajstić information content (AvgIpc) is 3.58. The van der Waals surface area contributed by atoms with Gasteiger partial charge in [0, 0.05) is 24.4 Å². The summed E-state index contributed by atoms with van der Waals surface area (Å²) in [5, 5.41) is 5.71. The van der Waals surface area contributed by atoms with Crippen LogP contribution >= 0.6 is 11.8 Å². The maximum atomic E-state index is 13.5. The minimum atomic E-state index is -0.477. The number of esters is 1. The van der Waals surface area contributed by atoms with Crippen LogP contribution in [0.15, 0.2) is 76.3 Å². The third-order valence-corrected chi connectivity index (χ3v) is 7.53. The lowest BCUT2D eigenvalue weighted by Gasteiger charge is -2.37. The molecule has 1 fully saturated rings. The molecule has 3 aliphatic rings. The number of hydrogen-bond acceptors (Lipinski definition) is 7. The monoisotopic (exact) mass is 517 g/mol. The lowest BCUT2D eigenvalue weighted by Crippen LogP contribution is -2.38. The zero-order valence-electron chi connectivity index (χ0n) is 21.1. The van der Waals surface area contributed by atoms with Gasteiger partial charge in [-0.3, -0.25) is 4.79 Å². The number of ether oxygens (including phenoxy) is 2. The number of nitrogens with zero attached hydrogens (tertiary/aromatic N) is 2. The van der Waals surface area contributed by atoms with Crippen molar-refractivity contribution in [3.05, 3.63) is 88.0 Å². The van der Waals surface area contributed by atoms with Gasteiger partial charge >= 0.3 is 5.97 Å². The van der Waals surface area contributed by atoms with Gasteiger partial charge in [0.25, 0.3) is 0 Å². The fourth-order valence-corrected chi connectivity index (χ4v) is 5.73. The summed E-state index contributed by atoms with van der Waals surface area (Å²) in [5.41, 5.74) is 4.77. The molecule has 0 bridgehead atoms. The van der Waals surface area contributed by atoms with Crippen LogP contribution in [-0.4, -0.2) is 47.8 Å². The molecule has 8 heteroatoms. The molecule has 37 heavy (non-hydrogen) atoms. The molecule has 2 aromatic rings. The minimum absolute atomic E-state index is 0.0788. The zero-order chi connectivity index (χ0) is 25.8. The highest BCUT2D eigenvalue weighted by atomic mass is 32.2. The van der Waals surface area contributed by atoms with Gasteiger partial charge in [0.2, 0.25) is 5.91 Å². The fraction of sp³-hybridized carbons (Fsp3) is 0.345. The minimum Gasteiger partial charge on any atom is -0.463 e. The van der Waals surface area contributed by atoms with Crippen LogP contribution in [0.25, 0.3) is 5.70 Å². The van der Waals surface area contributed by atoms with E-state index in [0.29, 0.717) is 17.8 Å². The third kappa shape index (κ3) is 5.50. The van der Waals surface area contributed by atoms with Crippen LogP contribution in [0.4, 0.5) is 0 Å². The van der Waals surface area contributed by atoms with E-state index in [-0.39, 0.29) is 25.0 Å². The highest BCUT2D eigenvalue weighted by molar-refractivity contribution is 8.16. The average molecular weight is 518 g/mol. The first-order chi connectivity index (χ1) is 18.0. The van der Waals surface area contributed by atoms with Crippen LogP contribution in [0.1, 0.15) is 48.9 Å². The molecule has 5 rings (SSSR count). The fourth-order valence-electron chi connectivity index (χ4n) is 4.81. The molecular formula is C29H31N3O4S. The molecule has 2 atom stereocenters.